The predicted octanol–water partition coefficient (Wildman–Crippen LogP) is 3.51. The molecule has 1 saturated heterocycles. The van der Waals surface area contributed by atoms with Crippen LogP contribution in [0, 0.1) is 20.8 Å². The van der Waals surface area contributed by atoms with Crippen molar-refractivity contribution in [3.8, 4) is 5.69 Å². The largest absolute Gasteiger partial charge is 0.461 e. The van der Waals surface area contributed by atoms with E-state index < -0.39 is 5.97 Å². The zero-order valence-electron chi connectivity index (χ0n) is 19.9. The van der Waals surface area contributed by atoms with Gasteiger partial charge in [0.25, 0.3) is 0 Å². The van der Waals surface area contributed by atoms with E-state index in [0.717, 1.165) is 30.3 Å². The highest BCUT2D eigenvalue weighted by Crippen LogP contribution is 2.29. The molecule has 1 aliphatic heterocycles. The molecule has 1 N–H and O–H groups in total. The standard InChI is InChI=1S/C24H29N5O4S/c1-5-33-22(31)21-16(3)20(17(4)25-21)19(30)14-34-24-27-26-23(28-10-12-32-13-11-28)29(24)18-8-6-15(2)7-9-18/h6-9,25H,5,10-14H2,1-4H3. The SMILES string of the molecule is CCOC(=O)c1[nH]c(C)c(C(=O)CSc2nnc(N3CCOCC3)n2-c2ccc(C)cc2)c1C. The summed E-state index contributed by atoms with van der Waals surface area (Å²) >= 11 is 1.33. The molecule has 0 saturated carbocycles. The zero-order valence-corrected chi connectivity index (χ0v) is 20.7. The first-order valence-corrected chi connectivity index (χ1v) is 12.3. The van der Waals surface area contributed by atoms with Crippen LogP contribution in [0.4, 0.5) is 5.95 Å². The number of hydrogen-bond donors (Lipinski definition) is 1. The number of nitrogens with one attached hydrogen (secondary N) is 1. The van der Waals surface area contributed by atoms with Gasteiger partial charge in [0.15, 0.2) is 10.9 Å². The van der Waals surface area contributed by atoms with Crippen LogP contribution in [0.2, 0.25) is 0 Å². The molecule has 34 heavy (non-hydrogen) atoms. The average molecular weight is 484 g/mol. The van der Waals surface area contributed by atoms with Gasteiger partial charge in [-0.25, -0.2) is 4.79 Å². The zero-order chi connectivity index (χ0) is 24.2. The molecule has 1 aromatic carbocycles. The number of ketones is 1. The lowest BCUT2D eigenvalue weighted by molar-refractivity contribution is 0.0519. The number of benzene rings is 1. The Morgan fingerprint density at radius 3 is 2.50 bits per heavy atom. The lowest BCUT2D eigenvalue weighted by atomic mass is 10.1. The molecule has 180 valence electrons. The lowest BCUT2D eigenvalue weighted by Gasteiger charge is -2.28. The van der Waals surface area contributed by atoms with E-state index in [1.807, 2.05) is 35.8 Å². The third-order valence-corrected chi connectivity index (χ3v) is 6.66. The van der Waals surface area contributed by atoms with Crippen molar-refractivity contribution in [3.63, 3.8) is 0 Å². The minimum atomic E-state index is -0.455. The summed E-state index contributed by atoms with van der Waals surface area (Å²) in [6, 6.07) is 8.14. The van der Waals surface area contributed by atoms with Crippen molar-refractivity contribution in [1.29, 1.82) is 0 Å². The monoisotopic (exact) mass is 483 g/mol. The van der Waals surface area contributed by atoms with Gasteiger partial charge in [-0.15, -0.1) is 10.2 Å². The predicted molar refractivity (Wildman–Crippen MR) is 130 cm³/mol. The van der Waals surface area contributed by atoms with E-state index in [2.05, 4.69) is 20.1 Å². The number of H-pyrrole nitrogens is 1. The van der Waals surface area contributed by atoms with Crippen LogP contribution in [0.15, 0.2) is 29.4 Å². The number of thioether (sulfide) groups is 1. The summed E-state index contributed by atoms with van der Waals surface area (Å²) in [7, 11) is 0. The van der Waals surface area contributed by atoms with Gasteiger partial charge in [-0.1, -0.05) is 29.5 Å². The van der Waals surface area contributed by atoms with E-state index in [-0.39, 0.29) is 18.1 Å². The fourth-order valence-corrected chi connectivity index (χ4v) is 4.84. The van der Waals surface area contributed by atoms with Gasteiger partial charge in [0, 0.05) is 24.3 Å². The van der Waals surface area contributed by atoms with E-state index in [4.69, 9.17) is 9.47 Å². The highest BCUT2D eigenvalue weighted by Gasteiger charge is 2.25. The maximum atomic E-state index is 13.2. The molecule has 4 rings (SSSR count). The van der Waals surface area contributed by atoms with Crippen molar-refractivity contribution < 1.29 is 19.1 Å². The van der Waals surface area contributed by atoms with Gasteiger partial charge in [0.2, 0.25) is 5.95 Å². The Morgan fingerprint density at radius 2 is 1.82 bits per heavy atom. The lowest BCUT2D eigenvalue weighted by Crippen LogP contribution is -2.37. The second-order valence-electron chi connectivity index (χ2n) is 8.11. The summed E-state index contributed by atoms with van der Waals surface area (Å²) in [5.74, 6) is 0.359. The number of morpholine rings is 1. The second-order valence-corrected chi connectivity index (χ2v) is 9.05. The Balaban J connectivity index is 1.60. The van der Waals surface area contributed by atoms with Gasteiger partial charge < -0.3 is 19.4 Å². The Bertz CT molecular complexity index is 1180. The van der Waals surface area contributed by atoms with E-state index >= 15 is 0 Å². The molecule has 2 aromatic heterocycles. The number of hydrogen-bond acceptors (Lipinski definition) is 8. The van der Waals surface area contributed by atoms with Crippen molar-refractivity contribution in [2.24, 2.45) is 0 Å². The van der Waals surface area contributed by atoms with Crippen LogP contribution in [-0.4, -0.2) is 70.2 Å². The molecule has 0 atom stereocenters. The van der Waals surface area contributed by atoms with Crippen LogP contribution in [0.5, 0.6) is 0 Å². The highest BCUT2D eigenvalue weighted by molar-refractivity contribution is 7.99. The number of aromatic nitrogens is 4. The molecule has 9 nitrogen and oxygen atoms in total. The fraction of sp³-hybridized carbons (Fsp3) is 0.417. The summed E-state index contributed by atoms with van der Waals surface area (Å²) < 4.78 is 12.6. The summed E-state index contributed by atoms with van der Waals surface area (Å²) in [6.07, 6.45) is 0. The third-order valence-electron chi connectivity index (χ3n) is 5.73. The number of rotatable bonds is 8. The number of esters is 1. The first-order valence-electron chi connectivity index (χ1n) is 11.3. The van der Waals surface area contributed by atoms with E-state index in [0.29, 0.717) is 40.9 Å². The topological polar surface area (TPSA) is 102 Å². The average Bonchev–Trinajstić information content (AvgIpc) is 3.39. The quantitative estimate of drug-likeness (QED) is 0.295. The maximum Gasteiger partial charge on any atom is 0.355 e. The van der Waals surface area contributed by atoms with Crippen molar-refractivity contribution in [3.05, 3.63) is 52.3 Å². The Morgan fingerprint density at radius 1 is 1.12 bits per heavy atom. The van der Waals surface area contributed by atoms with Gasteiger partial charge >= 0.3 is 5.97 Å². The maximum absolute atomic E-state index is 13.2. The minimum Gasteiger partial charge on any atom is -0.461 e. The summed E-state index contributed by atoms with van der Waals surface area (Å²) in [5, 5.41) is 9.51. The van der Waals surface area contributed by atoms with Gasteiger partial charge in [0.1, 0.15) is 5.69 Å². The van der Waals surface area contributed by atoms with Crippen LogP contribution < -0.4 is 4.90 Å². The normalized spacial score (nSPS) is 13.8. The molecule has 3 heterocycles. The van der Waals surface area contributed by atoms with Crippen molar-refractivity contribution in [2.75, 3.05) is 43.6 Å². The molecule has 0 unspecified atom stereocenters. The molecular weight excluding hydrogens is 454 g/mol. The molecule has 0 amide bonds. The number of anilines is 1. The summed E-state index contributed by atoms with van der Waals surface area (Å²) in [4.78, 5) is 30.5. The van der Waals surface area contributed by atoms with Crippen molar-refractivity contribution in [2.45, 2.75) is 32.9 Å². The Kier molecular flexibility index (Phi) is 7.38. The van der Waals surface area contributed by atoms with Crippen molar-refractivity contribution in [1.82, 2.24) is 19.7 Å². The molecule has 1 aliphatic rings. The van der Waals surface area contributed by atoms with Crippen LogP contribution in [0.25, 0.3) is 5.69 Å². The molecule has 0 bridgehead atoms. The first-order chi connectivity index (χ1) is 16.4. The summed E-state index contributed by atoms with van der Waals surface area (Å²) in [5.41, 5.74) is 4.20. The van der Waals surface area contributed by atoms with E-state index in [1.54, 1.807) is 20.8 Å². The second kappa shape index (κ2) is 10.4. The van der Waals surface area contributed by atoms with Crippen LogP contribution >= 0.6 is 11.8 Å². The third kappa shape index (κ3) is 4.88. The molecule has 3 aromatic rings. The first kappa shape index (κ1) is 24.0. The number of carbonyl (C=O) groups is 2. The van der Waals surface area contributed by atoms with Gasteiger partial charge in [-0.2, -0.15) is 0 Å². The smallest absolute Gasteiger partial charge is 0.355 e. The highest BCUT2D eigenvalue weighted by atomic mass is 32.2. The van der Waals surface area contributed by atoms with Gasteiger partial charge in [-0.05, 0) is 45.4 Å². The Hall–Kier alpha value is -3.11. The molecule has 0 spiro atoms. The molecule has 0 aliphatic carbocycles. The molecular formula is C24H29N5O4S. The van der Waals surface area contributed by atoms with Crippen molar-refractivity contribution >= 4 is 29.5 Å². The number of carbonyl (C=O) groups excluding carboxylic acids is 2. The number of aromatic amines is 1. The van der Waals surface area contributed by atoms with Crippen LogP contribution in [-0.2, 0) is 9.47 Å². The number of ether oxygens (including phenoxy) is 2. The number of Topliss-reactive ketones (excluding diaryl/α,β-unsaturated/α-hetero) is 1. The van der Waals surface area contributed by atoms with E-state index in [9.17, 15) is 9.59 Å². The fourth-order valence-electron chi connectivity index (χ4n) is 4.02. The number of aryl methyl sites for hydroxylation is 2. The van der Waals surface area contributed by atoms with Gasteiger partial charge in [0.05, 0.1) is 31.3 Å². The number of nitrogens with zero attached hydrogens (tertiary/aromatic N) is 4. The Labute approximate surface area is 202 Å². The summed E-state index contributed by atoms with van der Waals surface area (Å²) in [6.45, 7) is 10.3. The molecule has 10 heteroatoms. The van der Waals surface area contributed by atoms with Crippen LogP contribution in [0.1, 0.15) is 44.6 Å². The van der Waals surface area contributed by atoms with E-state index in [1.165, 1.54) is 11.8 Å². The molecule has 0 radical (unpaired) electrons. The van der Waals surface area contributed by atoms with Gasteiger partial charge in [-0.3, -0.25) is 9.36 Å². The molecule has 1 fully saturated rings. The minimum absolute atomic E-state index is 0.0850. The van der Waals surface area contributed by atoms with Crippen LogP contribution in [0.3, 0.4) is 0 Å².